The van der Waals surface area contributed by atoms with E-state index in [1.165, 1.54) is 23.1 Å². The van der Waals surface area contributed by atoms with Crippen LogP contribution < -0.4 is 10.6 Å². The van der Waals surface area contributed by atoms with Crippen molar-refractivity contribution in [2.45, 2.75) is 23.3 Å². The topological polar surface area (TPSA) is 93.2 Å². The van der Waals surface area contributed by atoms with E-state index < -0.39 is 0 Å². The maximum Gasteiger partial charge on any atom is 0.259 e. The van der Waals surface area contributed by atoms with Gasteiger partial charge < -0.3 is 10.1 Å². The molecule has 27 heavy (non-hydrogen) atoms. The molecule has 3 rings (SSSR count). The Kier molecular flexibility index (Phi) is 7.48. The molecule has 0 radical (unpaired) electrons. The van der Waals surface area contributed by atoms with Gasteiger partial charge >= 0.3 is 0 Å². The van der Waals surface area contributed by atoms with Crippen LogP contribution >= 0.6 is 50.6 Å². The second-order valence-electron chi connectivity index (χ2n) is 5.68. The van der Waals surface area contributed by atoms with Crippen LogP contribution in [0.2, 0.25) is 5.02 Å². The molecule has 1 aliphatic rings. The molecule has 1 aliphatic heterocycles. The highest BCUT2D eigenvalue weighted by Gasteiger charge is 2.17. The van der Waals surface area contributed by atoms with Gasteiger partial charge in [-0.1, -0.05) is 50.6 Å². The fourth-order valence-electron chi connectivity index (χ4n) is 2.37. The fourth-order valence-corrected chi connectivity index (χ4v) is 4.51. The van der Waals surface area contributed by atoms with Gasteiger partial charge in [0.15, 0.2) is 4.34 Å². The molecule has 144 valence electrons. The molecular weight excluding hydrogens is 476 g/mol. The molecule has 2 aromatic rings. The summed E-state index contributed by atoms with van der Waals surface area (Å²) in [6.45, 7) is 1.30. The van der Waals surface area contributed by atoms with Crippen LogP contribution in [-0.4, -0.2) is 47.0 Å². The lowest BCUT2D eigenvalue weighted by molar-refractivity contribution is -0.119. The molecule has 1 saturated heterocycles. The lowest BCUT2D eigenvalue weighted by Gasteiger charge is -2.09. The number of nitrogens with zero attached hydrogens (tertiary/aromatic N) is 2. The van der Waals surface area contributed by atoms with Crippen LogP contribution in [0.1, 0.15) is 23.2 Å². The molecule has 0 unspecified atom stereocenters. The highest BCUT2D eigenvalue weighted by atomic mass is 79.9. The third-order valence-electron chi connectivity index (χ3n) is 3.68. The van der Waals surface area contributed by atoms with E-state index in [0.29, 0.717) is 26.6 Å². The molecule has 0 saturated carbocycles. The fraction of sp³-hybridized carbons (Fsp3) is 0.375. The normalized spacial score (nSPS) is 16.3. The summed E-state index contributed by atoms with van der Waals surface area (Å²) in [6, 6.07) is 5.02. The summed E-state index contributed by atoms with van der Waals surface area (Å²) in [5.74, 6) is -0.229. The van der Waals surface area contributed by atoms with Gasteiger partial charge in [0.05, 0.1) is 22.4 Å². The predicted octanol–water partition coefficient (Wildman–Crippen LogP) is 3.59. The largest absolute Gasteiger partial charge is 0.376 e. The number of anilines is 1. The summed E-state index contributed by atoms with van der Waals surface area (Å²) < 4.78 is 6.81. The number of ether oxygens (including phenoxy) is 1. The van der Waals surface area contributed by atoms with Crippen molar-refractivity contribution in [2.75, 3.05) is 24.2 Å². The number of carbonyl (C=O) groups is 2. The first kappa shape index (κ1) is 20.5. The third kappa shape index (κ3) is 6.15. The smallest absolute Gasteiger partial charge is 0.259 e. The SMILES string of the molecule is O=C(CSc1nnc(NC(=O)c2cc(Br)ccc2Cl)s1)NC[C@@H]1CCCO1. The molecule has 0 spiro atoms. The number of thioether (sulfide) groups is 1. The molecule has 1 fully saturated rings. The first-order valence-corrected chi connectivity index (χ1v) is 11.1. The lowest BCUT2D eigenvalue weighted by Crippen LogP contribution is -2.32. The number of aromatic nitrogens is 2. The molecule has 1 aromatic heterocycles. The monoisotopic (exact) mass is 490 g/mol. The molecule has 0 bridgehead atoms. The number of hydrogen-bond acceptors (Lipinski definition) is 7. The van der Waals surface area contributed by atoms with E-state index in [-0.39, 0.29) is 23.7 Å². The Labute approximate surface area is 177 Å². The van der Waals surface area contributed by atoms with Crippen molar-refractivity contribution < 1.29 is 14.3 Å². The van der Waals surface area contributed by atoms with Gasteiger partial charge in [-0.2, -0.15) is 0 Å². The van der Waals surface area contributed by atoms with Crippen LogP contribution in [0.15, 0.2) is 27.0 Å². The second-order valence-corrected chi connectivity index (χ2v) is 9.20. The Balaban J connectivity index is 1.47. The van der Waals surface area contributed by atoms with Crippen molar-refractivity contribution in [3.63, 3.8) is 0 Å². The van der Waals surface area contributed by atoms with Crippen molar-refractivity contribution in [3.05, 3.63) is 33.3 Å². The van der Waals surface area contributed by atoms with Crippen LogP contribution in [0.5, 0.6) is 0 Å². The summed E-state index contributed by atoms with van der Waals surface area (Å²) in [6.07, 6.45) is 2.14. The van der Waals surface area contributed by atoms with Crippen molar-refractivity contribution >= 4 is 67.6 Å². The predicted molar refractivity (Wildman–Crippen MR) is 110 cm³/mol. The molecule has 1 aromatic carbocycles. The van der Waals surface area contributed by atoms with E-state index >= 15 is 0 Å². The minimum absolute atomic E-state index is 0.0859. The number of hydrogen-bond donors (Lipinski definition) is 2. The summed E-state index contributed by atoms with van der Waals surface area (Å²) in [5.41, 5.74) is 0.337. The average molecular weight is 492 g/mol. The maximum absolute atomic E-state index is 12.3. The molecule has 7 nitrogen and oxygen atoms in total. The molecule has 0 aliphatic carbocycles. The summed E-state index contributed by atoms with van der Waals surface area (Å²) >= 11 is 11.8. The van der Waals surface area contributed by atoms with Crippen molar-refractivity contribution in [2.24, 2.45) is 0 Å². The highest BCUT2D eigenvalue weighted by Crippen LogP contribution is 2.27. The Morgan fingerprint density at radius 2 is 2.26 bits per heavy atom. The molecule has 2 N–H and O–H groups in total. The first-order chi connectivity index (χ1) is 13.0. The number of benzene rings is 1. The molecule has 1 atom stereocenters. The van der Waals surface area contributed by atoms with Crippen LogP contribution in [0.3, 0.4) is 0 Å². The third-order valence-corrected chi connectivity index (χ3v) is 6.47. The Hall–Kier alpha value is -1.20. The van der Waals surface area contributed by atoms with Gasteiger partial charge in [0.25, 0.3) is 5.91 Å². The van der Waals surface area contributed by atoms with Crippen LogP contribution in [-0.2, 0) is 9.53 Å². The van der Waals surface area contributed by atoms with Gasteiger partial charge in [0.1, 0.15) is 0 Å². The van der Waals surface area contributed by atoms with E-state index in [2.05, 4.69) is 36.8 Å². The standard InChI is InChI=1S/C16H16BrClN4O3S2/c17-9-3-4-12(18)11(6-9)14(24)20-15-21-22-16(27-15)26-8-13(23)19-7-10-2-1-5-25-10/h3-4,6,10H,1-2,5,7-8H2,(H,19,23)(H,20,21,24)/t10-/m0/s1. The van der Waals surface area contributed by atoms with Gasteiger partial charge in [0.2, 0.25) is 11.0 Å². The molecular formula is C16H16BrClN4O3S2. The minimum atomic E-state index is -0.372. The second kappa shape index (κ2) is 9.83. The van der Waals surface area contributed by atoms with Crippen molar-refractivity contribution in [1.29, 1.82) is 0 Å². The Morgan fingerprint density at radius 3 is 3.04 bits per heavy atom. The van der Waals surface area contributed by atoms with Crippen LogP contribution in [0.25, 0.3) is 0 Å². The van der Waals surface area contributed by atoms with Gasteiger partial charge in [-0.05, 0) is 31.0 Å². The van der Waals surface area contributed by atoms with Gasteiger partial charge in [-0.15, -0.1) is 10.2 Å². The van der Waals surface area contributed by atoms with Crippen molar-refractivity contribution in [1.82, 2.24) is 15.5 Å². The minimum Gasteiger partial charge on any atom is -0.376 e. The number of carbonyl (C=O) groups excluding carboxylic acids is 2. The zero-order valence-corrected chi connectivity index (χ0v) is 18.0. The van der Waals surface area contributed by atoms with Gasteiger partial charge in [0, 0.05) is 17.6 Å². The van der Waals surface area contributed by atoms with Crippen LogP contribution in [0, 0.1) is 0 Å². The zero-order valence-electron chi connectivity index (χ0n) is 14.0. The van der Waals surface area contributed by atoms with E-state index in [1.807, 2.05) is 0 Å². The zero-order chi connectivity index (χ0) is 19.2. The summed E-state index contributed by atoms with van der Waals surface area (Å²) in [5, 5.41) is 14.1. The summed E-state index contributed by atoms with van der Waals surface area (Å²) in [7, 11) is 0. The Morgan fingerprint density at radius 1 is 1.41 bits per heavy atom. The summed E-state index contributed by atoms with van der Waals surface area (Å²) in [4.78, 5) is 24.2. The highest BCUT2D eigenvalue weighted by molar-refractivity contribution is 9.10. The van der Waals surface area contributed by atoms with E-state index in [9.17, 15) is 9.59 Å². The Bertz CT molecular complexity index is 830. The lowest BCUT2D eigenvalue weighted by atomic mass is 10.2. The number of rotatable bonds is 7. The average Bonchev–Trinajstić information content (AvgIpc) is 3.32. The molecule has 11 heteroatoms. The van der Waals surface area contributed by atoms with Crippen molar-refractivity contribution in [3.8, 4) is 0 Å². The number of halogens is 2. The quantitative estimate of drug-likeness (QED) is 0.454. The number of amides is 2. The van der Waals surface area contributed by atoms with Crippen LogP contribution in [0.4, 0.5) is 5.13 Å². The van der Waals surface area contributed by atoms with E-state index in [0.717, 1.165) is 23.9 Å². The first-order valence-electron chi connectivity index (χ1n) is 8.12. The number of nitrogens with one attached hydrogen (secondary N) is 2. The van der Waals surface area contributed by atoms with Gasteiger partial charge in [-0.25, -0.2) is 0 Å². The van der Waals surface area contributed by atoms with Gasteiger partial charge in [-0.3, -0.25) is 14.9 Å². The van der Waals surface area contributed by atoms with E-state index in [4.69, 9.17) is 16.3 Å². The molecule has 2 amide bonds. The molecule has 2 heterocycles. The maximum atomic E-state index is 12.3. The van der Waals surface area contributed by atoms with E-state index in [1.54, 1.807) is 18.2 Å².